The van der Waals surface area contributed by atoms with Crippen LogP contribution in [0.5, 0.6) is 0 Å². The van der Waals surface area contributed by atoms with Gasteiger partial charge in [0.1, 0.15) is 0 Å². The zero-order valence-corrected chi connectivity index (χ0v) is 11.9. The summed E-state index contributed by atoms with van der Waals surface area (Å²) in [6.07, 6.45) is 1.06. The molecule has 0 bridgehead atoms. The van der Waals surface area contributed by atoms with Gasteiger partial charge in [0.05, 0.1) is 0 Å². The minimum Gasteiger partial charge on any atom is -0.152 e. The van der Waals surface area contributed by atoms with E-state index in [1.165, 1.54) is 22.3 Å². The largest absolute Gasteiger partial charge is 0.152 e. The van der Waals surface area contributed by atoms with Gasteiger partial charge in [0.2, 0.25) is 0 Å². The minimum absolute atomic E-state index is 0.430. The maximum Gasteiger partial charge on any atom is 0.0443 e. The van der Waals surface area contributed by atoms with Crippen LogP contribution in [-0.2, 0) is 6.42 Å². The summed E-state index contributed by atoms with van der Waals surface area (Å²) >= 11 is 5.52. The number of aryl methyl sites for hydroxylation is 2. The van der Waals surface area contributed by atoms with Crippen LogP contribution in [0.4, 0.5) is 0 Å². The Hall–Kier alpha value is -0.600. The van der Waals surface area contributed by atoms with Gasteiger partial charge in [-0.15, -0.1) is 0 Å². The molecule has 0 N–H and O–H groups in total. The fourth-order valence-electron chi connectivity index (χ4n) is 1.78. The van der Waals surface area contributed by atoms with Crippen molar-refractivity contribution < 1.29 is 0 Å². The number of thiophene rings is 1. The third kappa shape index (κ3) is 2.74. The summed E-state index contributed by atoms with van der Waals surface area (Å²) in [6, 6.07) is 8.86. The fourth-order valence-corrected chi connectivity index (χ4v) is 3.31. The molecule has 1 heterocycles. The van der Waals surface area contributed by atoms with E-state index in [0.717, 1.165) is 6.42 Å². The molecule has 0 fully saturated rings. The van der Waals surface area contributed by atoms with Crippen molar-refractivity contribution in [2.45, 2.75) is 25.1 Å². The van der Waals surface area contributed by atoms with E-state index in [-0.39, 0.29) is 0 Å². The minimum atomic E-state index is 0.430. The monoisotopic (exact) mass is 294 g/mol. The van der Waals surface area contributed by atoms with Crippen LogP contribution >= 0.6 is 27.3 Å². The van der Waals surface area contributed by atoms with Crippen molar-refractivity contribution in [3.05, 3.63) is 57.3 Å². The highest BCUT2D eigenvalue weighted by atomic mass is 79.9. The lowest BCUT2D eigenvalue weighted by Crippen LogP contribution is -1.96. The zero-order chi connectivity index (χ0) is 11.5. The normalized spacial score (nSPS) is 12.7. The topological polar surface area (TPSA) is 0 Å². The van der Waals surface area contributed by atoms with Gasteiger partial charge in [0.25, 0.3) is 0 Å². The van der Waals surface area contributed by atoms with Gasteiger partial charge in [-0.1, -0.05) is 39.7 Å². The summed E-state index contributed by atoms with van der Waals surface area (Å²) in [4.78, 5) is 0.430. The van der Waals surface area contributed by atoms with E-state index in [2.05, 4.69) is 64.8 Å². The van der Waals surface area contributed by atoms with Crippen LogP contribution in [0.3, 0.4) is 0 Å². The van der Waals surface area contributed by atoms with Gasteiger partial charge in [-0.25, -0.2) is 0 Å². The Morgan fingerprint density at radius 2 is 2.06 bits per heavy atom. The Morgan fingerprint density at radius 3 is 2.75 bits per heavy atom. The van der Waals surface area contributed by atoms with Crippen LogP contribution in [0.25, 0.3) is 0 Å². The Bertz CT molecular complexity index is 460. The molecule has 1 aromatic heterocycles. The number of hydrogen-bond acceptors (Lipinski definition) is 1. The van der Waals surface area contributed by atoms with E-state index in [1.54, 1.807) is 11.3 Å². The second kappa shape index (κ2) is 5.15. The molecule has 1 unspecified atom stereocenters. The molecule has 84 valence electrons. The molecule has 2 aromatic rings. The van der Waals surface area contributed by atoms with E-state index in [9.17, 15) is 0 Å². The van der Waals surface area contributed by atoms with Gasteiger partial charge >= 0.3 is 0 Å². The molecule has 0 aliphatic carbocycles. The Balaban J connectivity index is 2.17. The first-order valence-corrected chi connectivity index (χ1v) is 7.25. The van der Waals surface area contributed by atoms with Crippen LogP contribution in [0, 0.1) is 13.8 Å². The van der Waals surface area contributed by atoms with Crippen molar-refractivity contribution in [3.8, 4) is 0 Å². The molecule has 0 spiro atoms. The first-order valence-electron chi connectivity index (χ1n) is 5.39. The van der Waals surface area contributed by atoms with Crippen LogP contribution in [0.2, 0.25) is 0 Å². The third-order valence-electron chi connectivity index (χ3n) is 2.81. The van der Waals surface area contributed by atoms with Crippen molar-refractivity contribution in [2.75, 3.05) is 0 Å². The van der Waals surface area contributed by atoms with Gasteiger partial charge in [-0.05, 0) is 53.8 Å². The van der Waals surface area contributed by atoms with E-state index < -0.39 is 0 Å². The second-order valence-corrected chi connectivity index (χ2v) is 6.04. The molecule has 2 rings (SSSR count). The SMILES string of the molecule is Cc1ccc(C)c(CC(Br)c2ccsc2)c1. The molecule has 0 aliphatic heterocycles. The van der Waals surface area contributed by atoms with Crippen LogP contribution < -0.4 is 0 Å². The third-order valence-corrected chi connectivity index (χ3v) is 4.36. The van der Waals surface area contributed by atoms with E-state index in [1.807, 2.05) is 0 Å². The highest BCUT2D eigenvalue weighted by Crippen LogP contribution is 2.29. The number of alkyl halides is 1. The standard InChI is InChI=1S/C14H15BrS/c1-10-3-4-11(2)13(7-10)8-14(15)12-5-6-16-9-12/h3-7,9,14H,8H2,1-2H3. The average molecular weight is 295 g/mol. The van der Waals surface area contributed by atoms with E-state index in [4.69, 9.17) is 0 Å². The summed E-state index contributed by atoms with van der Waals surface area (Å²) < 4.78 is 0. The summed E-state index contributed by atoms with van der Waals surface area (Å²) in [6.45, 7) is 4.33. The van der Waals surface area contributed by atoms with Gasteiger partial charge in [0.15, 0.2) is 0 Å². The van der Waals surface area contributed by atoms with Crippen LogP contribution in [0.1, 0.15) is 27.1 Å². The molecule has 1 aromatic carbocycles. The molecule has 0 nitrogen and oxygen atoms in total. The van der Waals surface area contributed by atoms with Gasteiger partial charge in [-0.3, -0.25) is 0 Å². The highest BCUT2D eigenvalue weighted by Gasteiger charge is 2.10. The first-order chi connectivity index (χ1) is 7.66. The van der Waals surface area contributed by atoms with E-state index in [0.29, 0.717) is 4.83 Å². The number of hydrogen-bond donors (Lipinski definition) is 0. The van der Waals surface area contributed by atoms with Crippen molar-refractivity contribution in [3.63, 3.8) is 0 Å². The first kappa shape index (κ1) is 11.9. The second-order valence-electron chi connectivity index (χ2n) is 4.16. The van der Waals surface area contributed by atoms with Gasteiger partial charge in [0, 0.05) is 4.83 Å². The van der Waals surface area contributed by atoms with Crippen LogP contribution in [0.15, 0.2) is 35.0 Å². The van der Waals surface area contributed by atoms with Crippen molar-refractivity contribution in [1.29, 1.82) is 0 Å². The Labute approximate surface area is 109 Å². The quantitative estimate of drug-likeness (QED) is 0.696. The highest BCUT2D eigenvalue weighted by molar-refractivity contribution is 9.09. The molecular weight excluding hydrogens is 280 g/mol. The molecule has 0 saturated carbocycles. The van der Waals surface area contributed by atoms with Gasteiger partial charge in [-0.2, -0.15) is 11.3 Å². The smallest absolute Gasteiger partial charge is 0.0443 e. The van der Waals surface area contributed by atoms with Crippen LogP contribution in [-0.4, -0.2) is 0 Å². The number of rotatable bonds is 3. The lowest BCUT2D eigenvalue weighted by molar-refractivity contribution is 0.941. The Kier molecular flexibility index (Phi) is 3.82. The fraction of sp³-hybridized carbons (Fsp3) is 0.286. The van der Waals surface area contributed by atoms with E-state index >= 15 is 0 Å². The molecule has 0 saturated heterocycles. The van der Waals surface area contributed by atoms with Gasteiger partial charge < -0.3 is 0 Å². The molecule has 16 heavy (non-hydrogen) atoms. The molecule has 1 atom stereocenters. The maximum atomic E-state index is 3.77. The molecule has 0 aliphatic rings. The number of halogens is 1. The maximum absolute atomic E-state index is 3.77. The molecular formula is C14H15BrS. The average Bonchev–Trinajstić information content (AvgIpc) is 2.76. The summed E-state index contributed by atoms with van der Waals surface area (Å²) in [5.74, 6) is 0. The number of benzene rings is 1. The van der Waals surface area contributed by atoms with Crippen molar-refractivity contribution in [2.24, 2.45) is 0 Å². The van der Waals surface area contributed by atoms with Crippen molar-refractivity contribution >= 4 is 27.3 Å². The molecule has 0 radical (unpaired) electrons. The summed E-state index contributed by atoms with van der Waals surface area (Å²) in [5.41, 5.74) is 5.54. The lowest BCUT2D eigenvalue weighted by atomic mass is 10.00. The lowest BCUT2D eigenvalue weighted by Gasteiger charge is -2.11. The predicted molar refractivity (Wildman–Crippen MR) is 75.6 cm³/mol. The van der Waals surface area contributed by atoms with Crippen molar-refractivity contribution in [1.82, 2.24) is 0 Å². The summed E-state index contributed by atoms with van der Waals surface area (Å²) in [5, 5.41) is 4.34. The molecule has 2 heteroatoms. The predicted octanol–water partition coefficient (Wildman–Crippen LogP) is 5.04. The Morgan fingerprint density at radius 1 is 1.25 bits per heavy atom. The molecule has 0 amide bonds. The zero-order valence-electron chi connectivity index (χ0n) is 9.53. The summed E-state index contributed by atoms with van der Waals surface area (Å²) in [7, 11) is 0.